The maximum Gasteiger partial charge on any atom is 0.234 e. The smallest absolute Gasteiger partial charge is 0.234 e. The summed E-state index contributed by atoms with van der Waals surface area (Å²) in [5.41, 5.74) is 0.101. The third kappa shape index (κ3) is 5.00. The predicted molar refractivity (Wildman–Crippen MR) is 123 cm³/mol. The maximum atomic E-state index is 12.9. The molecule has 3 aromatic rings. The summed E-state index contributed by atoms with van der Waals surface area (Å²) in [4.78, 5) is 12.9. The molecule has 0 spiro atoms. The van der Waals surface area contributed by atoms with Gasteiger partial charge in [0.2, 0.25) is 5.91 Å². The van der Waals surface area contributed by atoms with E-state index in [1.54, 1.807) is 18.4 Å². The Morgan fingerprint density at radius 2 is 2.03 bits per heavy atom. The maximum absolute atomic E-state index is 12.9. The summed E-state index contributed by atoms with van der Waals surface area (Å²) in [5, 5.41) is 22.2. The molecule has 1 fully saturated rings. The van der Waals surface area contributed by atoms with Gasteiger partial charge in [0.25, 0.3) is 0 Å². The molecule has 1 aliphatic rings. The fraction of sp³-hybridized carbons (Fsp3) is 0.391. The SMILES string of the molecule is CC(Sc1nnc(-c2ccc(Cl)cc2)n1Cc1ccco1)C(=O)NC1(C#N)CCCCC1. The highest BCUT2D eigenvalue weighted by Crippen LogP contribution is 2.31. The lowest BCUT2D eigenvalue weighted by Gasteiger charge is -2.32. The quantitative estimate of drug-likeness (QED) is 0.485. The van der Waals surface area contributed by atoms with Crippen LogP contribution in [0.4, 0.5) is 0 Å². The van der Waals surface area contributed by atoms with E-state index < -0.39 is 10.8 Å². The molecule has 0 bridgehead atoms. The average molecular weight is 470 g/mol. The summed E-state index contributed by atoms with van der Waals surface area (Å²) >= 11 is 7.35. The lowest BCUT2D eigenvalue weighted by Crippen LogP contribution is -2.51. The summed E-state index contributed by atoms with van der Waals surface area (Å²) in [6, 6.07) is 13.4. The third-order valence-corrected chi connectivity index (χ3v) is 6.98. The number of hydrogen-bond acceptors (Lipinski definition) is 6. The van der Waals surface area contributed by atoms with Crippen LogP contribution >= 0.6 is 23.4 Å². The number of carbonyl (C=O) groups is 1. The third-order valence-electron chi connectivity index (χ3n) is 5.65. The number of furan rings is 1. The van der Waals surface area contributed by atoms with E-state index in [9.17, 15) is 10.1 Å². The number of thioether (sulfide) groups is 1. The molecule has 2 heterocycles. The van der Waals surface area contributed by atoms with Crippen molar-refractivity contribution in [3.63, 3.8) is 0 Å². The Bertz CT molecular complexity index is 1100. The first-order valence-corrected chi connectivity index (χ1v) is 11.9. The zero-order valence-electron chi connectivity index (χ0n) is 17.8. The van der Waals surface area contributed by atoms with E-state index in [-0.39, 0.29) is 5.91 Å². The van der Waals surface area contributed by atoms with Crippen LogP contribution in [0.25, 0.3) is 11.4 Å². The van der Waals surface area contributed by atoms with E-state index >= 15 is 0 Å². The fourth-order valence-electron chi connectivity index (χ4n) is 3.86. The van der Waals surface area contributed by atoms with Crippen molar-refractivity contribution in [3.8, 4) is 17.5 Å². The molecule has 1 aliphatic carbocycles. The van der Waals surface area contributed by atoms with Gasteiger partial charge in [0.05, 0.1) is 24.1 Å². The molecule has 2 aromatic heterocycles. The van der Waals surface area contributed by atoms with Crippen molar-refractivity contribution in [2.75, 3.05) is 0 Å². The second-order valence-corrected chi connectivity index (χ2v) is 9.73. The summed E-state index contributed by atoms with van der Waals surface area (Å²) in [6.07, 6.45) is 6.03. The lowest BCUT2D eigenvalue weighted by atomic mass is 9.83. The zero-order chi connectivity index (χ0) is 22.6. The van der Waals surface area contributed by atoms with E-state index in [0.717, 1.165) is 30.6 Å². The number of carbonyl (C=O) groups excluding carboxylic acids is 1. The predicted octanol–water partition coefficient (Wildman–Crippen LogP) is 5.06. The van der Waals surface area contributed by atoms with Crippen molar-refractivity contribution in [3.05, 3.63) is 53.4 Å². The molecule has 9 heteroatoms. The van der Waals surface area contributed by atoms with Crippen LogP contribution < -0.4 is 5.32 Å². The number of nitriles is 1. The molecule has 1 amide bonds. The largest absolute Gasteiger partial charge is 0.467 e. The second-order valence-electron chi connectivity index (χ2n) is 7.98. The normalized spacial score (nSPS) is 16.3. The highest BCUT2D eigenvalue weighted by molar-refractivity contribution is 8.00. The fourth-order valence-corrected chi connectivity index (χ4v) is 4.83. The van der Waals surface area contributed by atoms with Gasteiger partial charge in [-0.3, -0.25) is 9.36 Å². The van der Waals surface area contributed by atoms with Crippen LogP contribution in [0, 0.1) is 11.3 Å². The number of benzene rings is 1. The summed E-state index contributed by atoms with van der Waals surface area (Å²) in [5.74, 6) is 1.25. The number of amides is 1. The summed E-state index contributed by atoms with van der Waals surface area (Å²) < 4.78 is 7.46. The molecule has 1 aromatic carbocycles. The second kappa shape index (κ2) is 9.80. The van der Waals surface area contributed by atoms with E-state index in [4.69, 9.17) is 16.0 Å². The van der Waals surface area contributed by atoms with Crippen molar-refractivity contribution >= 4 is 29.3 Å². The van der Waals surface area contributed by atoms with E-state index in [0.29, 0.717) is 35.4 Å². The summed E-state index contributed by atoms with van der Waals surface area (Å²) in [6.45, 7) is 2.25. The van der Waals surface area contributed by atoms with Crippen LogP contribution in [0.5, 0.6) is 0 Å². The Morgan fingerprint density at radius 3 is 2.69 bits per heavy atom. The molecule has 32 heavy (non-hydrogen) atoms. The number of nitrogens with zero attached hydrogens (tertiary/aromatic N) is 4. The lowest BCUT2D eigenvalue weighted by molar-refractivity contribution is -0.121. The van der Waals surface area contributed by atoms with Crippen molar-refractivity contribution in [1.82, 2.24) is 20.1 Å². The molecule has 4 rings (SSSR count). The molecule has 1 saturated carbocycles. The highest BCUT2D eigenvalue weighted by atomic mass is 35.5. The Morgan fingerprint density at radius 1 is 1.28 bits per heavy atom. The average Bonchev–Trinajstić information content (AvgIpc) is 3.46. The van der Waals surface area contributed by atoms with E-state index in [2.05, 4.69) is 21.6 Å². The molecular formula is C23H24ClN5O2S. The van der Waals surface area contributed by atoms with Gasteiger partial charge in [-0.15, -0.1) is 10.2 Å². The van der Waals surface area contributed by atoms with Crippen LogP contribution in [-0.4, -0.2) is 31.5 Å². The van der Waals surface area contributed by atoms with Crippen LogP contribution in [-0.2, 0) is 11.3 Å². The van der Waals surface area contributed by atoms with Gasteiger partial charge in [0.1, 0.15) is 11.3 Å². The van der Waals surface area contributed by atoms with Gasteiger partial charge < -0.3 is 9.73 Å². The van der Waals surface area contributed by atoms with Crippen LogP contribution in [0.1, 0.15) is 44.8 Å². The van der Waals surface area contributed by atoms with Gasteiger partial charge in [-0.2, -0.15) is 5.26 Å². The number of hydrogen-bond donors (Lipinski definition) is 1. The molecule has 1 atom stereocenters. The first-order chi connectivity index (χ1) is 15.5. The molecule has 1 unspecified atom stereocenters. The van der Waals surface area contributed by atoms with Crippen LogP contribution in [0.3, 0.4) is 0 Å². The highest BCUT2D eigenvalue weighted by Gasteiger charge is 2.35. The summed E-state index contributed by atoms with van der Waals surface area (Å²) in [7, 11) is 0. The van der Waals surface area contributed by atoms with Crippen molar-refractivity contribution < 1.29 is 9.21 Å². The van der Waals surface area contributed by atoms with E-state index in [1.165, 1.54) is 11.8 Å². The van der Waals surface area contributed by atoms with Crippen molar-refractivity contribution in [2.24, 2.45) is 0 Å². The number of aromatic nitrogens is 3. The Hall–Kier alpha value is -2.76. The van der Waals surface area contributed by atoms with Gasteiger partial charge in [0, 0.05) is 10.6 Å². The molecule has 0 saturated heterocycles. The molecule has 166 valence electrons. The van der Waals surface area contributed by atoms with Crippen LogP contribution in [0.2, 0.25) is 5.02 Å². The Labute approximate surface area is 196 Å². The first-order valence-electron chi connectivity index (χ1n) is 10.6. The molecule has 7 nitrogen and oxygen atoms in total. The molecule has 0 aliphatic heterocycles. The number of rotatable bonds is 7. The number of halogens is 1. The molecule has 0 radical (unpaired) electrons. The van der Waals surface area contributed by atoms with Gasteiger partial charge in [-0.1, -0.05) is 42.6 Å². The number of nitrogens with one attached hydrogen (secondary N) is 1. The molecule has 1 N–H and O–H groups in total. The van der Waals surface area contributed by atoms with Gasteiger partial charge in [-0.05, 0) is 56.2 Å². The van der Waals surface area contributed by atoms with Crippen molar-refractivity contribution in [2.45, 2.75) is 61.5 Å². The van der Waals surface area contributed by atoms with Gasteiger partial charge in [-0.25, -0.2) is 0 Å². The molecular weight excluding hydrogens is 446 g/mol. The minimum atomic E-state index is -0.763. The van der Waals surface area contributed by atoms with E-state index in [1.807, 2.05) is 35.8 Å². The standard InChI is InChI=1S/C23H24ClN5O2S/c1-16(21(30)26-23(15-25)11-3-2-4-12-23)32-22-28-27-20(17-7-9-18(24)10-8-17)29(22)14-19-6-5-13-31-19/h5-10,13,16H,2-4,11-12,14H2,1H3,(H,26,30). The Kier molecular flexibility index (Phi) is 6.87. The topological polar surface area (TPSA) is 96.7 Å². The minimum Gasteiger partial charge on any atom is -0.467 e. The monoisotopic (exact) mass is 469 g/mol. The Balaban J connectivity index is 1.56. The minimum absolute atomic E-state index is 0.168. The van der Waals surface area contributed by atoms with Gasteiger partial charge in [0.15, 0.2) is 11.0 Å². The first kappa shape index (κ1) is 22.4. The van der Waals surface area contributed by atoms with Crippen molar-refractivity contribution in [1.29, 1.82) is 5.26 Å². The van der Waals surface area contributed by atoms with Crippen LogP contribution in [0.15, 0.2) is 52.2 Å². The van der Waals surface area contributed by atoms with Gasteiger partial charge >= 0.3 is 0 Å². The zero-order valence-corrected chi connectivity index (χ0v) is 19.3.